The van der Waals surface area contributed by atoms with Gasteiger partial charge >= 0.3 is 5.97 Å². The Labute approximate surface area is 181 Å². The summed E-state index contributed by atoms with van der Waals surface area (Å²) in [5.74, 6) is -0.178. The Bertz CT molecular complexity index is 840. The lowest BCUT2D eigenvalue weighted by atomic mass is 10.0. The van der Waals surface area contributed by atoms with Crippen molar-refractivity contribution in [2.24, 2.45) is 0 Å². The minimum Gasteiger partial charge on any atom is -0.465 e. The van der Waals surface area contributed by atoms with E-state index in [-0.39, 0.29) is 12.0 Å². The summed E-state index contributed by atoms with van der Waals surface area (Å²) in [6.45, 7) is 3.58. The smallest absolute Gasteiger partial charge is 0.323 e. The van der Waals surface area contributed by atoms with Gasteiger partial charge < -0.3 is 4.74 Å². The summed E-state index contributed by atoms with van der Waals surface area (Å²) in [5.41, 5.74) is 3.46. The molecular formula is C25H26BrNO2. The Balaban J connectivity index is 1.90. The van der Waals surface area contributed by atoms with Crippen molar-refractivity contribution in [2.45, 2.75) is 32.5 Å². The lowest BCUT2D eigenvalue weighted by molar-refractivity contribution is -0.150. The van der Waals surface area contributed by atoms with Crippen molar-refractivity contribution in [3.63, 3.8) is 0 Å². The lowest BCUT2D eigenvalue weighted by Gasteiger charge is -2.30. The first kappa shape index (κ1) is 21.3. The van der Waals surface area contributed by atoms with Crippen LogP contribution < -0.4 is 0 Å². The Hall–Kier alpha value is -2.43. The van der Waals surface area contributed by atoms with Crippen LogP contribution in [0.5, 0.6) is 0 Å². The Morgan fingerprint density at radius 3 is 1.83 bits per heavy atom. The van der Waals surface area contributed by atoms with Crippen LogP contribution in [0, 0.1) is 0 Å². The van der Waals surface area contributed by atoms with Crippen LogP contribution in [0.4, 0.5) is 0 Å². The van der Waals surface area contributed by atoms with E-state index in [0.717, 1.165) is 10.0 Å². The molecule has 1 atom stereocenters. The molecule has 0 fully saturated rings. The summed E-state index contributed by atoms with van der Waals surface area (Å²) in [6.07, 6.45) is 0.603. The van der Waals surface area contributed by atoms with Crippen LogP contribution in [0.1, 0.15) is 23.6 Å². The van der Waals surface area contributed by atoms with Gasteiger partial charge in [0.1, 0.15) is 6.04 Å². The number of benzene rings is 3. The van der Waals surface area contributed by atoms with Gasteiger partial charge in [0, 0.05) is 17.6 Å². The molecule has 0 aliphatic heterocycles. The number of nitrogens with zero attached hydrogens (tertiary/aromatic N) is 1. The summed E-state index contributed by atoms with van der Waals surface area (Å²) in [7, 11) is 0. The molecule has 0 bridgehead atoms. The quantitative estimate of drug-likeness (QED) is 0.395. The summed E-state index contributed by atoms with van der Waals surface area (Å²) >= 11 is 3.48. The fraction of sp³-hybridized carbons (Fsp3) is 0.240. The van der Waals surface area contributed by atoms with Crippen LogP contribution in [-0.4, -0.2) is 23.5 Å². The fourth-order valence-electron chi connectivity index (χ4n) is 3.36. The zero-order chi connectivity index (χ0) is 20.5. The van der Waals surface area contributed by atoms with Gasteiger partial charge in [-0.3, -0.25) is 9.69 Å². The molecule has 0 amide bonds. The number of halogens is 1. The molecule has 0 unspecified atom stereocenters. The van der Waals surface area contributed by atoms with Crippen molar-refractivity contribution >= 4 is 21.9 Å². The highest BCUT2D eigenvalue weighted by Crippen LogP contribution is 2.19. The van der Waals surface area contributed by atoms with Gasteiger partial charge in [0.15, 0.2) is 0 Å². The molecule has 0 N–H and O–H groups in total. The van der Waals surface area contributed by atoms with Crippen LogP contribution >= 0.6 is 15.9 Å². The average molecular weight is 452 g/mol. The highest BCUT2D eigenvalue weighted by atomic mass is 79.9. The maximum atomic E-state index is 13.0. The van der Waals surface area contributed by atoms with Crippen molar-refractivity contribution in [3.8, 4) is 0 Å². The Kier molecular flexibility index (Phi) is 8.03. The summed E-state index contributed by atoms with van der Waals surface area (Å²) in [4.78, 5) is 15.2. The predicted molar refractivity (Wildman–Crippen MR) is 120 cm³/mol. The average Bonchev–Trinajstić information content (AvgIpc) is 2.74. The monoisotopic (exact) mass is 451 g/mol. The molecule has 0 saturated carbocycles. The van der Waals surface area contributed by atoms with Gasteiger partial charge in [0.25, 0.3) is 0 Å². The SMILES string of the molecule is CCOC(=O)[C@H](Cc1ccc(Br)cc1)N(Cc1ccccc1)Cc1ccccc1. The molecule has 150 valence electrons. The Morgan fingerprint density at radius 1 is 0.828 bits per heavy atom. The highest BCUT2D eigenvalue weighted by molar-refractivity contribution is 9.10. The summed E-state index contributed by atoms with van der Waals surface area (Å²) in [6, 6.07) is 28.3. The lowest BCUT2D eigenvalue weighted by Crippen LogP contribution is -2.43. The number of hydrogen-bond donors (Lipinski definition) is 0. The standard InChI is InChI=1S/C25H26BrNO2/c1-2-29-25(28)24(17-20-13-15-23(26)16-14-20)27(18-21-9-5-3-6-10-21)19-22-11-7-4-8-12-22/h3-16,24H,2,17-19H2,1H3/t24-/m0/s1. The summed E-state index contributed by atoms with van der Waals surface area (Å²) < 4.78 is 6.49. The van der Waals surface area contributed by atoms with Gasteiger partial charge in [0.05, 0.1) is 6.61 Å². The van der Waals surface area contributed by atoms with Crippen molar-refractivity contribution in [1.29, 1.82) is 0 Å². The van der Waals surface area contributed by atoms with Gasteiger partial charge in [-0.15, -0.1) is 0 Å². The summed E-state index contributed by atoms with van der Waals surface area (Å²) in [5, 5.41) is 0. The molecule has 0 aliphatic carbocycles. The van der Waals surface area contributed by atoms with Crippen molar-refractivity contribution < 1.29 is 9.53 Å². The van der Waals surface area contributed by atoms with Crippen molar-refractivity contribution in [1.82, 2.24) is 4.90 Å². The molecular weight excluding hydrogens is 426 g/mol. The first-order valence-corrected chi connectivity index (χ1v) is 10.7. The molecule has 0 spiro atoms. The van der Waals surface area contributed by atoms with Gasteiger partial charge in [-0.1, -0.05) is 88.7 Å². The van der Waals surface area contributed by atoms with E-state index in [1.54, 1.807) is 0 Å². The molecule has 3 aromatic carbocycles. The minimum absolute atomic E-state index is 0.178. The van der Waals surface area contributed by atoms with Crippen LogP contribution in [0.3, 0.4) is 0 Å². The number of hydrogen-bond acceptors (Lipinski definition) is 3. The van der Waals surface area contributed by atoms with Crippen LogP contribution in [0.2, 0.25) is 0 Å². The molecule has 29 heavy (non-hydrogen) atoms. The zero-order valence-corrected chi connectivity index (χ0v) is 18.2. The molecule has 0 aliphatic rings. The van der Waals surface area contributed by atoms with E-state index in [1.165, 1.54) is 11.1 Å². The van der Waals surface area contributed by atoms with Gasteiger partial charge in [-0.25, -0.2) is 0 Å². The number of carbonyl (C=O) groups excluding carboxylic acids is 1. The first-order valence-electron chi connectivity index (χ1n) is 9.88. The van der Waals surface area contributed by atoms with Crippen LogP contribution in [0.25, 0.3) is 0 Å². The fourth-order valence-corrected chi connectivity index (χ4v) is 3.62. The molecule has 4 heteroatoms. The molecule has 0 heterocycles. The molecule has 0 radical (unpaired) electrons. The third kappa shape index (κ3) is 6.55. The number of carbonyl (C=O) groups is 1. The van der Waals surface area contributed by atoms with Crippen molar-refractivity contribution in [2.75, 3.05) is 6.61 Å². The van der Waals surface area contributed by atoms with Gasteiger partial charge in [-0.2, -0.15) is 0 Å². The molecule has 3 nitrogen and oxygen atoms in total. The van der Waals surface area contributed by atoms with Crippen molar-refractivity contribution in [3.05, 3.63) is 106 Å². The molecule has 3 aromatic rings. The normalized spacial score (nSPS) is 12.0. The Morgan fingerprint density at radius 2 is 1.34 bits per heavy atom. The van der Waals surface area contributed by atoms with Gasteiger partial charge in [-0.05, 0) is 42.2 Å². The van der Waals surface area contributed by atoms with E-state index in [2.05, 4.69) is 57.2 Å². The third-order valence-corrected chi connectivity index (χ3v) is 5.33. The zero-order valence-electron chi connectivity index (χ0n) is 16.6. The first-order chi connectivity index (χ1) is 14.2. The number of esters is 1. The highest BCUT2D eigenvalue weighted by Gasteiger charge is 2.28. The maximum absolute atomic E-state index is 13.0. The predicted octanol–water partition coefficient (Wildman–Crippen LogP) is 5.63. The van der Waals surface area contributed by atoms with Crippen LogP contribution in [-0.2, 0) is 29.0 Å². The van der Waals surface area contributed by atoms with E-state index in [4.69, 9.17) is 4.74 Å². The van der Waals surface area contributed by atoms with E-state index in [9.17, 15) is 4.79 Å². The van der Waals surface area contributed by atoms with E-state index >= 15 is 0 Å². The second kappa shape index (κ2) is 10.9. The van der Waals surface area contributed by atoms with E-state index < -0.39 is 0 Å². The van der Waals surface area contributed by atoms with E-state index in [1.807, 2.05) is 55.5 Å². The number of rotatable bonds is 9. The third-order valence-electron chi connectivity index (χ3n) is 4.80. The van der Waals surface area contributed by atoms with Gasteiger partial charge in [0.2, 0.25) is 0 Å². The minimum atomic E-state index is -0.364. The second-order valence-corrected chi connectivity index (χ2v) is 7.89. The molecule has 3 rings (SSSR count). The topological polar surface area (TPSA) is 29.5 Å². The largest absolute Gasteiger partial charge is 0.465 e. The van der Waals surface area contributed by atoms with E-state index in [0.29, 0.717) is 26.1 Å². The molecule has 0 saturated heterocycles. The van der Waals surface area contributed by atoms with Crippen LogP contribution in [0.15, 0.2) is 89.4 Å². The second-order valence-electron chi connectivity index (χ2n) is 6.97. The number of ether oxygens (including phenoxy) is 1. The molecule has 0 aromatic heterocycles. The maximum Gasteiger partial charge on any atom is 0.323 e.